The predicted molar refractivity (Wildman–Crippen MR) is 103 cm³/mol. The second kappa shape index (κ2) is 11.1. The Morgan fingerprint density at radius 1 is 0.913 bits per heavy atom. The van der Waals surface area contributed by atoms with E-state index in [9.17, 15) is 0 Å². The van der Waals surface area contributed by atoms with Crippen molar-refractivity contribution in [2.45, 2.75) is 115 Å². The third-order valence-electron chi connectivity index (χ3n) is 6.17. The molecule has 0 spiro atoms. The summed E-state index contributed by atoms with van der Waals surface area (Å²) in [5, 5.41) is 1.13. The lowest BCUT2D eigenvalue weighted by molar-refractivity contribution is -0.0381. The molecule has 0 aromatic carbocycles. The van der Waals surface area contributed by atoms with Gasteiger partial charge in [-0.05, 0) is 45.4 Å². The van der Waals surface area contributed by atoms with Gasteiger partial charge < -0.3 is 4.74 Å². The van der Waals surface area contributed by atoms with Crippen molar-refractivity contribution in [2.24, 2.45) is 0 Å². The molecule has 0 saturated heterocycles. The number of alkyl halides is 1. The summed E-state index contributed by atoms with van der Waals surface area (Å²) in [5.41, 5.74) is 0. The van der Waals surface area contributed by atoms with Crippen LogP contribution in [0.3, 0.4) is 0 Å². The van der Waals surface area contributed by atoms with Gasteiger partial charge in [0.05, 0.1) is 6.10 Å². The van der Waals surface area contributed by atoms with E-state index in [0.29, 0.717) is 12.1 Å². The van der Waals surface area contributed by atoms with Crippen LogP contribution < -0.4 is 0 Å². The first-order chi connectivity index (χ1) is 11.3. The van der Waals surface area contributed by atoms with E-state index < -0.39 is 0 Å². The molecule has 0 aliphatic heterocycles. The van der Waals surface area contributed by atoms with Crippen molar-refractivity contribution in [3.8, 4) is 0 Å². The van der Waals surface area contributed by atoms with Crippen LogP contribution in [0, 0.1) is 0 Å². The monoisotopic (exact) mass is 387 g/mol. The Labute approximate surface area is 152 Å². The van der Waals surface area contributed by atoms with Gasteiger partial charge >= 0.3 is 0 Å². The lowest BCUT2D eigenvalue weighted by atomic mass is 9.85. The third kappa shape index (κ3) is 6.01. The molecule has 2 aliphatic carbocycles. The zero-order valence-corrected chi connectivity index (χ0v) is 17.0. The van der Waals surface area contributed by atoms with E-state index in [4.69, 9.17) is 4.74 Å². The van der Waals surface area contributed by atoms with E-state index in [1.165, 1.54) is 83.5 Å². The van der Waals surface area contributed by atoms with Gasteiger partial charge in [-0.2, -0.15) is 0 Å². The highest BCUT2D eigenvalue weighted by Crippen LogP contribution is 2.34. The molecular weight excluding hydrogens is 350 g/mol. The molecule has 2 atom stereocenters. The van der Waals surface area contributed by atoms with Crippen LogP contribution in [-0.2, 0) is 4.74 Å². The van der Waals surface area contributed by atoms with Crippen LogP contribution in [0.25, 0.3) is 0 Å². The summed E-state index contributed by atoms with van der Waals surface area (Å²) in [6.45, 7) is 2.30. The fourth-order valence-electron chi connectivity index (χ4n) is 4.83. The van der Waals surface area contributed by atoms with Crippen LogP contribution in [0.1, 0.15) is 90.4 Å². The smallest absolute Gasteiger partial charge is 0.0698 e. The van der Waals surface area contributed by atoms with Gasteiger partial charge in [-0.25, -0.2) is 0 Å². The van der Waals surface area contributed by atoms with Crippen LogP contribution in [-0.4, -0.2) is 41.6 Å². The normalized spacial score (nSPS) is 24.0. The van der Waals surface area contributed by atoms with Crippen molar-refractivity contribution in [1.29, 1.82) is 0 Å². The van der Waals surface area contributed by atoms with Gasteiger partial charge in [-0.1, -0.05) is 60.9 Å². The molecule has 136 valence electrons. The average Bonchev–Trinajstić information content (AvgIpc) is 2.62. The van der Waals surface area contributed by atoms with Crippen molar-refractivity contribution in [3.05, 3.63) is 0 Å². The highest BCUT2D eigenvalue weighted by molar-refractivity contribution is 9.09. The van der Waals surface area contributed by atoms with Gasteiger partial charge in [0.15, 0.2) is 0 Å². The first kappa shape index (κ1) is 19.7. The van der Waals surface area contributed by atoms with Crippen LogP contribution in [0.4, 0.5) is 0 Å². The maximum Gasteiger partial charge on any atom is 0.0698 e. The van der Waals surface area contributed by atoms with Gasteiger partial charge in [-0.15, -0.1) is 0 Å². The molecule has 3 heteroatoms. The third-order valence-corrected chi connectivity index (χ3v) is 6.73. The van der Waals surface area contributed by atoms with E-state index in [1.54, 1.807) is 0 Å². The first-order valence-electron chi connectivity index (χ1n) is 10.1. The maximum atomic E-state index is 5.85. The molecule has 0 amide bonds. The van der Waals surface area contributed by atoms with Crippen molar-refractivity contribution >= 4 is 15.9 Å². The number of hydrogen-bond donors (Lipinski definition) is 0. The highest BCUT2D eigenvalue weighted by atomic mass is 79.9. The van der Waals surface area contributed by atoms with Crippen LogP contribution >= 0.6 is 15.9 Å². The van der Waals surface area contributed by atoms with E-state index in [1.807, 2.05) is 7.11 Å². The first-order valence-corrected chi connectivity index (χ1v) is 11.3. The molecule has 0 aromatic rings. The minimum Gasteiger partial charge on any atom is -0.380 e. The zero-order chi connectivity index (χ0) is 16.5. The van der Waals surface area contributed by atoms with Crippen LogP contribution in [0.5, 0.6) is 0 Å². The average molecular weight is 388 g/mol. The van der Waals surface area contributed by atoms with Gasteiger partial charge in [0.25, 0.3) is 0 Å². The number of nitrogens with zero attached hydrogens (tertiary/aromatic N) is 1. The molecular formula is C20H38BrNO. The fourth-order valence-corrected chi connectivity index (χ4v) is 5.23. The van der Waals surface area contributed by atoms with Crippen molar-refractivity contribution in [2.75, 3.05) is 12.4 Å². The molecule has 2 fully saturated rings. The zero-order valence-electron chi connectivity index (χ0n) is 15.4. The Hall–Kier alpha value is 0.400. The summed E-state index contributed by atoms with van der Waals surface area (Å²) < 4.78 is 5.85. The van der Waals surface area contributed by atoms with Crippen molar-refractivity contribution in [1.82, 2.24) is 4.90 Å². The SMILES string of the molecule is COC(C)C(CCCCBr)N(C1CCCCC1)C1CCCCC1. The van der Waals surface area contributed by atoms with Gasteiger partial charge in [0, 0.05) is 30.6 Å². The van der Waals surface area contributed by atoms with Crippen molar-refractivity contribution in [3.63, 3.8) is 0 Å². The maximum absolute atomic E-state index is 5.85. The Morgan fingerprint density at radius 3 is 1.87 bits per heavy atom. The highest BCUT2D eigenvalue weighted by Gasteiger charge is 2.36. The predicted octanol–water partition coefficient (Wildman–Crippen LogP) is 5.92. The lowest BCUT2D eigenvalue weighted by Gasteiger charge is -2.48. The van der Waals surface area contributed by atoms with E-state index in [-0.39, 0.29) is 0 Å². The number of rotatable bonds is 9. The fraction of sp³-hybridized carbons (Fsp3) is 1.00. The number of methoxy groups -OCH3 is 1. The molecule has 2 rings (SSSR count). The van der Waals surface area contributed by atoms with E-state index in [2.05, 4.69) is 27.8 Å². The van der Waals surface area contributed by atoms with Crippen LogP contribution in [0.2, 0.25) is 0 Å². The Morgan fingerprint density at radius 2 is 1.43 bits per heavy atom. The molecule has 0 heterocycles. The summed E-state index contributed by atoms with van der Waals surface area (Å²) in [5.74, 6) is 0. The topological polar surface area (TPSA) is 12.5 Å². The number of ether oxygens (including phenoxy) is 1. The second-order valence-electron chi connectivity index (χ2n) is 7.72. The van der Waals surface area contributed by atoms with E-state index in [0.717, 1.165) is 17.4 Å². The summed E-state index contributed by atoms with van der Waals surface area (Å²) >= 11 is 3.60. The number of unbranched alkanes of at least 4 members (excludes halogenated alkanes) is 1. The van der Waals surface area contributed by atoms with Gasteiger partial charge in [-0.3, -0.25) is 4.90 Å². The molecule has 0 bridgehead atoms. The molecule has 2 aliphatic rings. The summed E-state index contributed by atoms with van der Waals surface area (Å²) in [6, 6.07) is 2.25. The minimum absolute atomic E-state index is 0.356. The molecule has 0 radical (unpaired) electrons. The summed E-state index contributed by atoms with van der Waals surface area (Å²) in [6.07, 6.45) is 18.6. The molecule has 2 nitrogen and oxygen atoms in total. The quantitative estimate of drug-likeness (QED) is 0.359. The number of halogens is 1. The molecule has 0 N–H and O–H groups in total. The summed E-state index contributed by atoms with van der Waals surface area (Å²) in [4.78, 5) is 2.97. The second-order valence-corrected chi connectivity index (χ2v) is 8.52. The standard InChI is InChI=1S/C20H38BrNO/c1-17(23-2)20(15-9-10-16-21)22(18-11-5-3-6-12-18)19-13-7-4-8-14-19/h17-20H,3-16H2,1-2H3. The lowest BCUT2D eigenvalue weighted by Crippen LogP contribution is -2.54. The molecule has 23 heavy (non-hydrogen) atoms. The molecule has 2 unspecified atom stereocenters. The minimum atomic E-state index is 0.356. The Kier molecular flexibility index (Phi) is 9.52. The largest absolute Gasteiger partial charge is 0.380 e. The molecule has 2 saturated carbocycles. The number of hydrogen-bond acceptors (Lipinski definition) is 2. The van der Waals surface area contributed by atoms with Crippen molar-refractivity contribution < 1.29 is 4.74 Å². The van der Waals surface area contributed by atoms with Gasteiger partial charge in [0.1, 0.15) is 0 Å². The van der Waals surface area contributed by atoms with E-state index >= 15 is 0 Å². The van der Waals surface area contributed by atoms with Crippen LogP contribution in [0.15, 0.2) is 0 Å². The summed E-state index contributed by atoms with van der Waals surface area (Å²) in [7, 11) is 1.90. The Bertz CT molecular complexity index is 282. The Balaban J connectivity index is 2.11. The van der Waals surface area contributed by atoms with Gasteiger partial charge in [0.2, 0.25) is 0 Å². The molecule has 0 aromatic heterocycles.